The molecule has 1 fully saturated rings. The topological polar surface area (TPSA) is 28.2 Å². The van der Waals surface area contributed by atoms with E-state index in [1.165, 1.54) is 12.6 Å². The lowest BCUT2D eigenvalue weighted by Crippen LogP contribution is -2.36. The van der Waals surface area contributed by atoms with E-state index in [-0.39, 0.29) is 5.82 Å². The molecule has 0 amide bonds. The molecule has 0 aliphatic carbocycles. The standard InChI is InChI=1S/C13H20FN3/c1-2-5-17(13-3-4-15-9-13)10-11-6-12(14)8-16-7-11/h6-8,13,15H,2-5,9-10H2,1H3. The molecule has 1 aliphatic rings. The molecule has 1 aromatic rings. The number of pyridine rings is 1. The highest BCUT2D eigenvalue weighted by Crippen LogP contribution is 2.14. The molecule has 2 rings (SSSR count). The number of nitrogens with one attached hydrogen (secondary N) is 1. The van der Waals surface area contributed by atoms with Crippen molar-refractivity contribution in [1.29, 1.82) is 0 Å². The van der Waals surface area contributed by atoms with Gasteiger partial charge in [0.2, 0.25) is 0 Å². The van der Waals surface area contributed by atoms with Crippen LogP contribution in [-0.2, 0) is 6.54 Å². The molecular formula is C13H20FN3. The lowest BCUT2D eigenvalue weighted by atomic mass is 10.1. The van der Waals surface area contributed by atoms with E-state index in [0.29, 0.717) is 6.04 Å². The summed E-state index contributed by atoms with van der Waals surface area (Å²) in [5.41, 5.74) is 0.963. The van der Waals surface area contributed by atoms with Crippen molar-refractivity contribution in [3.63, 3.8) is 0 Å². The maximum atomic E-state index is 13.1. The molecule has 17 heavy (non-hydrogen) atoms. The third kappa shape index (κ3) is 3.48. The van der Waals surface area contributed by atoms with E-state index in [0.717, 1.165) is 38.2 Å². The van der Waals surface area contributed by atoms with Gasteiger partial charge >= 0.3 is 0 Å². The van der Waals surface area contributed by atoms with E-state index >= 15 is 0 Å². The van der Waals surface area contributed by atoms with Gasteiger partial charge in [-0.2, -0.15) is 0 Å². The van der Waals surface area contributed by atoms with Crippen LogP contribution in [0.4, 0.5) is 4.39 Å². The zero-order valence-electron chi connectivity index (χ0n) is 10.3. The predicted octanol–water partition coefficient (Wildman–Crippen LogP) is 1.79. The fraction of sp³-hybridized carbons (Fsp3) is 0.615. The second-order valence-corrected chi connectivity index (χ2v) is 4.63. The summed E-state index contributed by atoms with van der Waals surface area (Å²) in [5, 5.41) is 3.38. The van der Waals surface area contributed by atoms with Crippen molar-refractivity contribution < 1.29 is 4.39 Å². The van der Waals surface area contributed by atoms with Gasteiger partial charge in [0.25, 0.3) is 0 Å². The Balaban J connectivity index is 2.01. The highest BCUT2D eigenvalue weighted by molar-refractivity contribution is 5.10. The molecule has 1 unspecified atom stereocenters. The third-order valence-electron chi connectivity index (χ3n) is 3.21. The monoisotopic (exact) mass is 237 g/mol. The summed E-state index contributed by atoms with van der Waals surface area (Å²) in [7, 11) is 0. The summed E-state index contributed by atoms with van der Waals surface area (Å²) in [5.74, 6) is -0.247. The first-order chi connectivity index (χ1) is 8.29. The largest absolute Gasteiger partial charge is 0.315 e. The van der Waals surface area contributed by atoms with Crippen LogP contribution in [0.25, 0.3) is 0 Å². The van der Waals surface area contributed by atoms with Crippen LogP contribution in [-0.4, -0.2) is 35.6 Å². The van der Waals surface area contributed by atoms with Crippen molar-refractivity contribution in [3.05, 3.63) is 29.8 Å². The minimum Gasteiger partial charge on any atom is -0.315 e. The van der Waals surface area contributed by atoms with Crippen molar-refractivity contribution in [3.8, 4) is 0 Å². The Morgan fingerprint density at radius 1 is 1.53 bits per heavy atom. The van der Waals surface area contributed by atoms with Crippen molar-refractivity contribution in [2.24, 2.45) is 0 Å². The number of nitrogens with zero attached hydrogens (tertiary/aromatic N) is 2. The van der Waals surface area contributed by atoms with E-state index in [1.807, 2.05) is 0 Å². The first-order valence-electron chi connectivity index (χ1n) is 6.33. The van der Waals surface area contributed by atoms with Crippen molar-refractivity contribution >= 4 is 0 Å². The molecule has 1 aromatic heterocycles. The normalized spacial score (nSPS) is 20.1. The van der Waals surface area contributed by atoms with Gasteiger partial charge in [0.15, 0.2) is 0 Å². The second kappa shape index (κ2) is 6.07. The van der Waals surface area contributed by atoms with Gasteiger partial charge in [-0.25, -0.2) is 4.39 Å². The average molecular weight is 237 g/mol. The maximum absolute atomic E-state index is 13.1. The molecule has 2 heterocycles. The van der Waals surface area contributed by atoms with E-state index < -0.39 is 0 Å². The van der Waals surface area contributed by atoms with E-state index in [9.17, 15) is 4.39 Å². The Hall–Kier alpha value is -1.00. The molecule has 1 atom stereocenters. The van der Waals surface area contributed by atoms with Gasteiger partial charge in [-0.05, 0) is 37.6 Å². The van der Waals surface area contributed by atoms with Crippen LogP contribution < -0.4 is 5.32 Å². The van der Waals surface area contributed by atoms with Crippen LogP contribution in [0, 0.1) is 5.82 Å². The van der Waals surface area contributed by atoms with Gasteiger partial charge in [0, 0.05) is 25.3 Å². The molecule has 1 saturated heterocycles. The molecule has 0 bridgehead atoms. The summed E-state index contributed by atoms with van der Waals surface area (Å²) in [6, 6.07) is 2.16. The van der Waals surface area contributed by atoms with E-state index in [1.54, 1.807) is 12.3 Å². The lowest BCUT2D eigenvalue weighted by molar-refractivity contribution is 0.199. The highest BCUT2D eigenvalue weighted by Gasteiger charge is 2.21. The summed E-state index contributed by atoms with van der Waals surface area (Å²) in [6.45, 7) is 6.17. The molecule has 1 N–H and O–H groups in total. The molecule has 0 aromatic carbocycles. The average Bonchev–Trinajstić information content (AvgIpc) is 2.82. The maximum Gasteiger partial charge on any atom is 0.141 e. The summed E-state index contributed by atoms with van der Waals surface area (Å²) in [4.78, 5) is 6.33. The Morgan fingerprint density at radius 3 is 3.06 bits per heavy atom. The highest BCUT2D eigenvalue weighted by atomic mass is 19.1. The summed E-state index contributed by atoms with van der Waals surface area (Å²) >= 11 is 0. The zero-order valence-corrected chi connectivity index (χ0v) is 10.3. The van der Waals surface area contributed by atoms with Crippen LogP contribution >= 0.6 is 0 Å². The van der Waals surface area contributed by atoms with Crippen molar-refractivity contribution in [2.75, 3.05) is 19.6 Å². The van der Waals surface area contributed by atoms with Gasteiger partial charge in [0.1, 0.15) is 5.82 Å². The summed E-state index contributed by atoms with van der Waals surface area (Å²) < 4.78 is 13.1. The molecule has 0 radical (unpaired) electrons. The van der Waals surface area contributed by atoms with Crippen LogP contribution in [0.2, 0.25) is 0 Å². The van der Waals surface area contributed by atoms with Crippen molar-refractivity contribution in [1.82, 2.24) is 15.2 Å². The molecular weight excluding hydrogens is 217 g/mol. The fourth-order valence-electron chi connectivity index (χ4n) is 2.41. The van der Waals surface area contributed by atoms with Crippen LogP contribution in [0.5, 0.6) is 0 Å². The van der Waals surface area contributed by atoms with Gasteiger partial charge in [-0.1, -0.05) is 6.92 Å². The van der Waals surface area contributed by atoms with Gasteiger partial charge in [-0.15, -0.1) is 0 Å². The minimum absolute atomic E-state index is 0.247. The smallest absolute Gasteiger partial charge is 0.141 e. The fourth-order valence-corrected chi connectivity index (χ4v) is 2.41. The zero-order chi connectivity index (χ0) is 12.1. The molecule has 0 spiro atoms. The lowest BCUT2D eigenvalue weighted by Gasteiger charge is -2.27. The number of aromatic nitrogens is 1. The van der Waals surface area contributed by atoms with Crippen LogP contribution in [0.1, 0.15) is 25.3 Å². The number of hydrogen-bond donors (Lipinski definition) is 1. The summed E-state index contributed by atoms with van der Waals surface area (Å²) in [6.07, 6.45) is 5.32. The molecule has 1 aliphatic heterocycles. The third-order valence-corrected chi connectivity index (χ3v) is 3.21. The minimum atomic E-state index is -0.247. The van der Waals surface area contributed by atoms with Gasteiger partial charge in [-0.3, -0.25) is 9.88 Å². The Morgan fingerprint density at radius 2 is 2.41 bits per heavy atom. The molecule has 0 saturated carbocycles. The quantitative estimate of drug-likeness (QED) is 0.846. The number of rotatable bonds is 5. The molecule has 3 nitrogen and oxygen atoms in total. The van der Waals surface area contributed by atoms with E-state index in [4.69, 9.17) is 0 Å². The van der Waals surface area contributed by atoms with Crippen molar-refractivity contribution in [2.45, 2.75) is 32.4 Å². The SMILES string of the molecule is CCCN(Cc1cncc(F)c1)C1CCNC1. The molecule has 94 valence electrons. The molecule has 4 heteroatoms. The Labute approximate surface area is 102 Å². The van der Waals surface area contributed by atoms with Gasteiger partial charge in [0.05, 0.1) is 6.20 Å². The predicted molar refractivity (Wildman–Crippen MR) is 66.2 cm³/mol. The number of halogens is 1. The first-order valence-corrected chi connectivity index (χ1v) is 6.33. The Kier molecular flexibility index (Phi) is 4.45. The Bertz CT molecular complexity index is 350. The van der Waals surface area contributed by atoms with Crippen LogP contribution in [0.3, 0.4) is 0 Å². The first kappa shape index (κ1) is 12.5. The van der Waals surface area contributed by atoms with Gasteiger partial charge < -0.3 is 5.32 Å². The second-order valence-electron chi connectivity index (χ2n) is 4.63. The van der Waals surface area contributed by atoms with E-state index in [2.05, 4.69) is 22.1 Å². The number of hydrogen-bond acceptors (Lipinski definition) is 3. The van der Waals surface area contributed by atoms with Crippen LogP contribution in [0.15, 0.2) is 18.5 Å².